The average Bonchev–Trinajstić information content (AvgIpc) is 2.41. The number of nitrogens with one attached hydrogen (secondary N) is 2. The Balaban J connectivity index is 2.19. The molecule has 2 aromatic rings. The first kappa shape index (κ1) is 16.5. The Hall–Kier alpha value is -1.86. The molecule has 22 heavy (non-hydrogen) atoms. The minimum atomic E-state index is -3.38. The van der Waals surface area contributed by atoms with Gasteiger partial charge in [-0.2, -0.15) is 0 Å². The zero-order valence-electron chi connectivity index (χ0n) is 12.1. The number of aryl methyl sites for hydroxylation is 1. The van der Waals surface area contributed by atoms with E-state index in [-0.39, 0.29) is 5.91 Å². The maximum absolute atomic E-state index is 12.2. The van der Waals surface area contributed by atoms with Gasteiger partial charge in [0.1, 0.15) is 0 Å². The van der Waals surface area contributed by atoms with Crippen LogP contribution in [0, 0.1) is 6.92 Å². The van der Waals surface area contributed by atoms with E-state index in [1.54, 1.807) is 24.3 Å². The molecule has 0 aliphatic rings. The summed E-state index contributed by atoms with van der Waals surface area (Å²) >= 11 is 3.40. The van der Waals surface area contributed by atoms with Crippen LogP contribution in [0.2, 0.25) is 0 Å². The smallest absolute Gasteiger partial charge is 0.255 e. The fourth-order valence-corrected chi connectivity index (χ4v) is 2.67. The summed E-state index contributed by atoms with van der Waals surface area (Å²) in [5, 5.41) is 2.78. The third kappa shape index (κ3) is 4.57. The van der Waals surface area contributed by atoms with Crippen LogP contribution in [0.4, 0.5) is 11.4 Å². The molecule has 0 bridgehead atoms. The van der Waals surface area contributed by atoms with Gasteiger partial charge in [0.2, 0.25) is 10.0 Å². The molecule has 0 aliphatic carbocycles. The molecule has 116 valence electrons. The number of rotatable bonds is 4. The minimum Gasteiger partial charge on any atom is -0.322 e. The second-order valence-corrected chi connectivity index (χ2v) is 7.48. The van der Waals surface area contributed by atoms with Gasteiger partial charge in [0.15, 0.2) is 0 Å². The summed E-state index contributed by atoms with van der Waals surface area (Å²) in [6.07, 6.45) is 1.06. The molecule has 0 spiro atoms. The Morgan fingerprint density at radius 1 is 1.09 bits per heavy atom. The van der Waals surface area contributed by atoms with Crippen LogP contribution in [0.15, 0.2) is 46.9 Å². The van der Waals surface area contributed by atoms with Gasteiger partial charge in [-0.15, -0.1) is 0 Å². The first-order chi connectivity index (χ1) is 10.2. The van der Waals surface area contributed by atoms with E-state index in [0.29, 0.717) is 16.9 Å². The maximum atomic E-state index is 12.2. The first-order valence-corrected chi connectivity index (χ1v) is 9.08. The second kappa shape index (κ2) is 6.50. The molecule has 0 fully saturated rings. The van der Waals surface area contributed by atoms with E-state index in [4.69, 9.17) is 0 Å². The molecule has 1 amide bonds. The fourth-order valence-electron chi connectivity index (χ4n) is 1.86. The van der Waals surface area contributed by atoms with Crippen molar-refractivity contribution in [3.05, 3.63) is 58.1 Å². The van der Waals surface area contributed by atoms with Crippen molar-refractivity contribution in [1.82, 2.24) is 0 Å². The topological polar surface area (TPSA) is 75.3 Å². The van der Waals surface area contributed by atoms with Crippen molar-refractivity contribution in [2.45, 2.75) is 6.92 Å². The van der Waals surface area contributed by atoms with Crippen LogP contribution in [0.25, 0.3) is 0 Å². The summed E-state index contributed by atoms with van der Waals surface area (Å²) in [6.45, 7) is 1.93. The number of carbonyl (C=O) groups is 1. The molecule has 0 atom stereocenters. The van der Waals surface area contributed by atoms with Crippen LogP contribution in [-0.2, 0) is 10.0 Å². The monoisotopic (exact) mass is 382 g/mol. The molecule has 2 rings (SSSR count). The van der Waals surface area contributed by atoms with Crippen LogP contribution < -0.4 is 10.0 Å². The zero-order chi connectivity index (χ0) is 16.3. The lowest BCUT2D eigenvalue weighted by Crippen LogP contribution is -2.14. The summed E-state index contributed by atoms with van der Waals surface area (Å²) in [7, 11) is -3.38. The average molecular weight is 383 g/mol. The van der Waals surface area contributed by atoms with Crippen molar-refractivity contribution in [1.29, 1.82) is 0 Å². The highest BCUT2D eigenvalue weighted by Gasteiger charge is 2.09. The van der Waals surface area contributed by atoms with Crippen molar-refractivity contribution in [3.8, 4) is 0 Å². The fraction of sp³-hybridized carbons (Fsp3) is 0.133. The number of hydrogen-bond donors (Lipinski definition) is 2. The summed E-state index contributed by atoms with van der Waals surface area (Å²) in [6, 6.07) is 11.8. The van der Waals surface area contributed by atoms with Crippen LogP contribution >= 0.6 is 15.9 Å². The van der Waals surface area contributed by atoms with Crippen LogP contribution in [0.5, 0.6) is 0 Å². The van der Waals surface area contributed by atoms with Gasteiger partial charge in [-0.3, -0.25) is 9.52 Å². The molecule has 0 aromatic heterocycles. The Kier molecular flexibility index (Phi) is 4.87. The van der Waals surface area contributed by atoms with E-state index in [1.807, 2.05) is 19.1 Å². The molecule has 7 heteroatoms. The molecule has 0 unspecified atom stereocenters. The van der Waals surface area contributed by atoms with Crippen molar-refractivity contribution in [3.63, 3.8) is 0 Å². The van der Waals surface area contributed by atoms with Gasteiger partial charge in [-0.05, 0) is 48.9 Å². The van der Waals surface area contributed by atoms with Crippen molar-refractivity contribution < 1.29 is 13.2 Å². The number of hydrogen-bond acceptors (Lipinski definition) is 3. The number of sulfonamides is 1. The minimum absolute atomic E-state index is 0.307. The van der Waals surface area contributed by atoms with Gasteiger partial charge in [-0.1, -0.05) is 22.0 Å². The highest BCUT2D eigenvalue weighted by atomic mass is 79.9. The molecule has 0 radical (unpaired) electrons. The van der Waals surface area contributed by atoms with Crippen LogP contribution in [-0.4, -0.2) is 20.6 Å². The number of anilines is 2. The number of amides is 1. The van der Waals surface area contributed by atoms with E-state index < -0.39 is 10.0 Å². The molecule has 0 heterocycles. The van der Waals surface area contributed by atoms with E-state index in [2.05, 4.69) is 26.0 Å². The number of benzene rings is 2. The van der Waals surface area contributed by atoms with Gasteiger partial charge in [0.05, 0.1) is 6.26 Å². The van der Waals surface area contributed by atoms with E-state index in [1.165, 1.54) is 6.07 Å². The Labute approximate surface area is 137 Å². The van der Waals surface area contributed by atoms with Gasteiger partial charge >= 0.3 is 0 Å². The van der Waals surface area contributed by atoms with E-state index in [0.717, 1.165) is 16.3 Å². The summed E-state index contributed by atoms with van der Waals surface area (Å²) in [5.74, 6) is -0.307. The zero-order valence-corrected chi connectivity index (χ0v) is 14.5. The number of carbonyl (C=O) groups excluding carboxylic acids is 1. The van der Waals surface area contributed by atoms with Gasteiger partial charge in [0, 0.05) is 21.4 Å². The predicted molar refractivity (Wildman–Crippen MR) is 91.7 cm³/mol. The van der Waals surface area contributed by atoms with E-state index >= 15 is 0 Å². The molecule has 5 nitrogen and oxygen atoms in total. The third-order valence-electron chi connectivity index (χ3n) is 2.84. The normalized spacial score (nSPS) is 11.0. The largest absolute Gasteiger partial charge is 0.322 e. The summed E-state index contributed by atoms with van der Waals surface area (Å²) in [4.78, 5) is 12.2. The second-order valence-electron chi connectivity index (χ2n) is 4.87. The quantitative estimate of drug-likeness (QED) is 0.850. The van der Waals surface area contributed by atoms with Crippen molar-refractivity contribution in [2.24, 2.45) is 0 Å². The summed E-state index contributed by atoms with van der Waals surface area (Å²) < 4.78 is 25.8. The van der Waals surface area contributed by atoms with Gasteiger partial charge in [-0.25, -0.2) is 8.42 Å². The first-order valence-electron chi connectivity index (χ1n) is 6.40. The lowest BCUT2D eigenvalue weighted by Gasteiger charge is -2.09. The lowest BCUT2D eigenvalue weighted by molar-refractivity contribution is 0.102. The molecule has 0 saturated carbocycles. The lowest BCUT2D eigenvalue weighted by atomic mass is 10.1. The SMILES string of the molecule is Cc1cc(NC(=O)c2cccc(NS(C)(=O)=O)c2)ccc1Br. The van der Waals surface area contributed by atoms with Gasteiger partial charge in [0.25, 0.3) is 5.91 Å². The summed E-state index contributed by atoms with van der Waals surface area (Å²) in [5.41, 5.74) is 2.40. The van der Waals surface area contributed by atoms with Gasteiger partial charge < -0.3 is 5.32 Å². The van der Waals surface area contributed by atoms with Crippen LogP contribution in [0.1, 0.15) is 15.9 Å². The maximum Gasteiger partial charge on any atom is 0.255 e. The molecular weight excluding hydrogens is 368 g/mol. The van der Waals surface area contributed by atoms with Crippen LogP contribution in [0.3, 0.4) is 0 Å². The molecular formula is C15H15BrN2O3S. The Morgan fingerprint density at radius 2 is 1.82 bits per heavy atom. The molecule has 2 N–H and O–H groups in total. The molecule has 0 saturated heterocycles. The van der Waals surface area contributed by atoms with Crippen molar-refractivity contribution >= 4 is 43.2 Å². The molecule has 0 aliphatic heterocycles. The third-order valence-corrected chi connectivity index (χ3v) is 4.34. The molecule has 2 aromatic carbocycles. The Morgan fingerprint density at radius 3 is 2.45 bits per heavy atom. The predicted octanol–water partition coefficient (Wildman–Crippen LogP) is 3.38. The standard InChI is InChI=1S/C15H15BrN2O3S/c1-10-8-12(6-7-14(10)16)17-15(19)11-4-3-5-13(9-11)18-22(2,20)21/h3-9,18H,1-2H3,(H,17,19). The van der Waals surface area contributed by atoms with E-state index in [9.17, 15) is 13.2 Å². The number of halogens is 1. The highest BCUT2D eigenvalue weighted by molar-refractivity contribution is 9.10. The van der Waals surface area contributed by atoms with Crippen molar-refractivity contribution in [2.75, 3.05) is 16.3 Å². The Bertz CT molecular complexity index is 819. The highest BCUT2D eigenvalue weighted by Crippen LogP contribution is 2.21.